The molecule has 3 aromatic rings. The molecule has 6 heteroatoms. The average Bonchev–Trinajstić information content (AvgIpc) is 3.27. The van der Waals surface area contributed by atoms with Crippen molar-refractivity contribution < 1.29 is 4.79 Å². The van der Waals surface area contributed by atoms with Crippen LogP contribution in [0.1, 0.15) is 16.6 Å². The summed E-state index contributed by atoms with van der Waals surface area (Å²) in [5.41, 5.74) is 2.35. The van der Waals surface area contributed by atoms with Crippen molar-refractivity contribution in [1.29, 1.82) is 0 Å². The Balaban J connectivity index is 1.58. The summed E-state index contributed by atoms with van der Waals surface area (Å²) in [5, 5.41) is 8.21. The van der Waals surface area contributed by atoms with Crippen molar-refractivity contribution in [2.75, 3.05) is 6.54 Å². The van der Waals surface area contributed by atoms with Gasteiger partial charge >= 0.3 is 0 Å². The van der Waals surface area contributed by atoms with Crippen LogP contribution < -0.4 is 5.32 Å². The van der Waals surface area contributed by atoms with Gasteiger partial charge in [0.05, 0.1) is 11.4 Å². The Hall–Kier alpha value is -2.02. The van der Waals surface area contributed by atoms with Gasteiger partial charge < -0.3 is 5.32 Å². The third-order valence-corrected chi connectivity index (χ3v) is 5.58. The van der Waals surface area contributed by atoms with Crippen LogP contribution in [-0.4, -0.2) is 22.3 Å². The second kappa shape index (κ2) is 6.23. The summed E-state index contributed by atoms with van der Waals surface area (Å²) in [6.07, 6.45) is 1.79. The summed E-state index contributed by atoms with van der Waals surface area (Å²) in [6, 6.07) is 12.3. The van der Waals surface area contributed by atoms with E-state index in [1.54, 1.807) is 22.7 Å². The van der Waals surface area contributed by atoms with E-state index in [4.69, 9.17) is 0 Å². The fourth-order valence-corrected chi connectivity index (χ4v) is 4.43. The molecule has 4 rings (SSSR count). The molecule has 1 amide bonds. The molecule has 1 atom stereocenters. The maximum Gasteiger partial charge on any atom is 0.235 e. The van der Waals surface area contributed by atoms with Gasteiger partial charge in [0.25, 0.3) is 0 Å². The Morgan fingerprint density at radius 3 is 2.91 bits per heavy atom. The first-order valence-corrected chi connectivity index (χ1v) is 9.11. The summed E-state index contributed by atoms with van der Waals surface area (Å²) in [7, 11) is 0. The lowest BCUT2D eigenvalue weighted by atomic mass is 10.2. The molecule has 1 fully saturated rings. The van der Waals surface area contributed by atoms with Crippen molar-refractivity contribution in [3.8, 4) is 10.6 Å². The highest BCUT2D eigenvalue weighted by Crippen LogP contribution is 2.33. The molecule has 1 N–H and O–H groups in total. The number of rotatable bonds is 4. The van der Waals surface area contributed by atoms with Crippen molar-refractivity contribution >= 4 is 28.6 Å². The second-order valence-corrected chi connectivity index (χ2v) is 7.28. The molecule has 4 nitrogen and oxygen atoms in total. The normalized spacial score (nSPS) is 18.3. The van der Waals surface area contributed by atoms with Gasteiger partial charge in [-0.05, 0) is 17.0 Å². The lowest BCUT2D eigenvalue weighted by molar-refractivity contribution is -0.118. The van der Waals surface area contributed by atoms with E-state index < -0.39 is 0 Å². The first-order valence-electron chi connectivity index (χ1n) is 7.35. The van der Waals surface area contributed by atoms with E-state index in [0.717, 1.165) is 22.0 Å². The highest BCUT2D eigenvalue weighted by atomic mass is 32.1. The van der Waals surface area contributed by atoms with E-state index in [1.165, 1.54) is 5.56 Å². The van der Waals surface area contributed by atoms with Crippen LogP contribution in [0.15, 0.2) is 53.4 Å². The topological polar surface area (TPSA) is 45.2 Å². The third-order valence-electron chi connectivity index (χ3n) is 3.80. The van der Waals surface area contributed by atoms with Crippen LogP contribution >= 0.6 is 22.7 Å². The highest BCUT2D eigenvalue weighted by Gasteiger charge is 2.32. The molecule has 0 spiro atoms. The summed E-state index contributed by atoms with van der Waals surface area (Å²) in [4.78, 5) is 19.6. The number of amides is 1. The predicted molar refractivity (Wildman–Crippen MR) is 93.2 cm³/mol. The molecule has 0 saturated carbocycles. The molecular weight excluding hydrogens is 326 g/mol. The molecule has 3 heterocycles. The maximum atomic E-state index is 11.9. The van der Waals surface area contributed by atoms with Gasteiger partial charge in [-0.15, -0.1) is 11.3 Å². The summed E-state index contributed by atoms with van der Waals surface area (Å²) >= 11 is 3.31. The third kappa shape index (κ3) is 3.06. The number of carbonyl (C=O) groups excluding carboxylic acids is 1. The Kier molecular flexibility index (Phi) is 3.95. The molecule has 116 valence electrons. The molecule has 2 aromatic heterocycles. The first kappa shape index (κ1) is 14.6. The number of aromatic nitrogens is 1. The Morgan fingerprint density at radius 2 is 2.13 bits per heavy atom. The van der Waals surface area contributed by atoms with Crippen molar-refractivity contribution in [1.82, 2.24) is 15.2 Å². The van der Waals surface area contributed by atoms with Gasteiger partial charge in [-0.25, -0.2) is 4.98 Å². The minimum Gasteiger partial charge on any atom is -0.335 e. The molecule has 1 saturated heterocycles. The number of hydrogen-bond acceptors (Lipinski definition) is 5. The van der Waals surface area contributed by atoms with E-state index in [2.05, 4.69) is 44.2 Å². The van der Waals surface area contributed by atoms with Gasteiger partial charge in [0, 0.05) is 23.7 Å². The van der Waals surface area contributed by atoms with Gasteiger partial charge in [-0.1, -0.05) is 30.3 Å². The highest BCUT2D eigenvalue weighted by molar-refractivity contribution is 7.15. The minimum atomic E-state index is -0.0902. The summed E-state index contributed by atoms with van der Waals surface area (Å²) in [6.45, 7) is 1.17. The van der Waals surface area contributed by atoms with Crippen molar-refractivity contribution in [3.05, 3.63) is 63.8 Å². The largest absolute Gasteiger partial charge is 0.335 e. The zero-order valence-electron chi connectivity index (χ0n) is 12.3. The quantitative estimate of drug-likeness (QED) is 0.790. The second-order valence-electron chi connectivity index (χ2n) is 5.44. The number of benzene rings is 1. The molecule has 0 bridgehead atoms. The number of thiophene rings is 1. The van der Waals surface area contributed by atoms with Gasteiger partial charge in [0.2, 0.25) is 5.91 Å². The van der Waals surface area contributed by atoms with Crippen molar-refractivity contribution in [2.45, 2.75) is 12.7 Å². The van der Waals surface area contributed by atoms with Crippen LogP contribution in [-0.2, 0) is 11.3 Å². The van der Waals surface area contributed by atoms with E-state index >= 15 is 0 Å². The lowest BCUT2D eigenvalue weighted by Gasteiger charge is -2.21. The first-order chi connectivity index (χ1) is 11.3. The number of nitrogens with one attached hydrogen (secondary N) is 1. The zero-order valence-corrected chi connectivity index (χ0v) is 13.9. The van der Waals surface area contributed by atoms with Crippen LogP contribution in [0.2, 0.25) is 0 Å². The number of carbonyl (C=O) groups is 1. The van der Waals surface area contributed by atoms with Gasteiger partial charge in [0.15, 0.2) is 0 Å². The zero-order chi connectivity index (χ0) is 15.6. The molecule has 1 unspecified atom stereocenters. The summed E-state index contributed by atoms with van der Waals surface area (Å²) < 4.78 is 0. The van der Waals surface area contributed by atoms with E-state index in [-0.39, 0.29) is 12.1 Å². The smallest absolute Gasteiger partial charge is 0.235 e. The van der Waals surface area contributed by atoms with Crippen molar-refractivity contribution in [3.63, 3.8) is 0 Å². The summed E-state index contributed by atoms with van der Waals surface area (Å²) in [5.74, 6) is 0.0661. The minimum absolute atomic E-state index is 0.0661. The molecule has 1 aliphatic heterocycles. The fraction of sp³-hybridized carbons (Fsp3) is 0.176. The van der Waals surface area contributed by atoms with E-state index in [9.17, 15) is 4.79 Å². The van der Waals surface area contributed by atoms with E-state index in [0.29, 0.717) is 6.54 Å². The lowest BCUT2D eigenvalue weighted by Crippen LogP contribution is -2.26. The van der Waals surface area contributed by atoms with Crippen LogP contribution in [0.25, 0.3) is 10.6 Å². The monoisotopic (exact) mass is 341 g/mol. The van der Waals surface area contributed by atoms with Gasteiger partial charge in [-0.2, -0.15) is 11.3 Å². The molecule has 0 aliphatic carbocycles. The standard InChI is InChI=1S/C17H15N3OS2/c21-15-10-20(9-12-4-2-1-3-5-12)16(19-15)14-8-18-17(23-14)13-6-7-22-11-13/h1-8,11,16H,9-10H2,(H,19,21). The van der Waals surface area contributed by atoms with E-state index in [1.807, 2.05) is 24.4 Å². The van der Waals surface area contributed by atoms with Crippen molar-refractivity contribution in [2.24, 2.45) is 0 Å². The Bertz CT molecular complexity index is 798. The molecule has 1 aliphatic rings. The predicted octanol–water partition coefficient (Wildman–Crippen LogP) is 3.50. The van der Waals surface area contributed by atoms with Crippen LogP contribution in [0.3, 0.4) is 0 Å². The molecule has 1 aromatic carbocycles. The number of nitrogens with zero attached hydrogens (tertiary/aromatic N) is 2. The fourth-order valence-electron chi connectivity index (χ4n) is 2.71. The number of thiazole rings is 1. The Morgan fingerprint density at radius 1 is 1.26 bits per heavy atom. The molecule has 0 radical (unpaired) electrons. The van der Waals surface area contributed by atoms with Crippen LogP contribution in [0, 0.1) is 0 Å². The average molecular weight is 341 g/mol. The number of hydrogen-bond donors (Lipinski definition) is 1. The molecule has 23 heavy (non-hydrogen) atoms. The van der Waals surface area contributed by atoms with Crippen LogP contribution in [0.5, 0.6) is 0 Å². The molecular formula is C17H15N3OS2. The van der Waals surface area contributed by atoms with Gasteiger partial charge in [0.1, 0.15) is 11.2 Å². The van der Waals surface area contributed by atoms with Crippen LogP contribution in [0.4, 0.5) is 0 Å². The Labute approximate surface area is 142 Å². The maximum absolute atomic E-state index is 11.9. The SMILES string of the molecule is O=C1CN(Cc2ccccc2)C(c2cnc(-c3ccsc3)s2)N1. The van der Waals surface area contributed by atoms with Gasteiger partial charge in [-0.3, -0.25) is 9.69 Å².